The van der Waals surface area contributed by atoms with Crippen LogP contribution in [0.5, 0.6) is 0 Å². The zero-order chi connectivity index (χ0) is 23.2. The Bertz CT molecular complexity index is 1160. The quantitative estimate of drug-likeness (QED) is 0.689. The number of ether oxygens (including phenoxy) is 2. The van der Waals surface area contributed by atoms with Gasteiger partial charge in [0.25, 0.3) is 0 Å². The van der Waals surface area contributed by atoms with Crippen molar-refractivity contribution >= 4 is 23.4 Å². The molecule has 0 saturated carbocycles. The van der Waals surface area contributed by atoms with Gasteiger partial charge in [-0.2, -0.15) is 5.10 Å². The zero-order valence-corrected chi connectivity index (χ0v) is 19.3. The van der Waals surface area contributed by atoms with E-state index in [1.54, 1.807) is 18.5 Å². The third kappa shape index (κ3) is 3.71. The standard InChI is InChI=1S/C24H26ClN3O4/c1-5-31-23(30)20-19(18-15(29)11-24(3,4)12-16(18)32-22(20)26)17-13(2)27-28(21(17)25)14-9-7-6-8-10-14/h6-10,19H,5,11-12,26H2,1-4H3/t19-/m1/s1. The lowest BCUT2D eigenvalue weighted by molar-refractivity contribution is -0.139. The van der Waals surface area contributed by atoms with Crippen LogP contribution in [0.4, 0.5) is 0 Å². The van der Waals surface area contributed by atoms with Gasteiger partial charge >= 0.3 is 5.97 Å². The second-order valence-electron chi connectivity index (χ2n) is 8.85. The summed E-state index contributed by atoms with van der Waals surface area (Å²) >= 11 is 6.84. The summed E-state index contributed by atoms with van der Waals surface area (Å²) in [6, 6.07) is 9.41. The van der Waals surface area contributed by atoms with E-state index in [4.69, 9.17) is 26.8 Å². The summed E-state index contributed by atoms with van der Waals surface area (Å²) in [4.78, 5) is 26.3. The first kappa shape index (κ1) is 22.1. The summed E-state index contributed by atoms with van der Waals surface area (Å²) in [5, 5.41) is 4.91. The number of nitrogens with two attached hydrogens (primary N) is 1. The molecule has 7 nitrogen and oxygen atoms in total. The molecular weight excluding hydrogens is 430 g/mol. The van der Waals surface area contributed by atoms with Crippen molar-refractivity contribution in [2.45, 2.75) is 46.5 Å². The lowest BCUT2D eigenvalue weighted by atomic mass is 9.70. The number of benzene rings is 1. The number of halogens is 1. The predicted octanol–water partition coefficient (Wildman–Crippen LogP) is 4.32. The largest absolute Gasteiger partial charge is 0.462 e. The van der Waals surface area contributed by atoms with E-state index >= 15 is 0 Å². The zero-order valence-electron chi connectivity index (χ0n) is 18.6. The smallest absolute Gasteiger partial charge is 0.340 e. The van der Waals surface area contributed by atoms with Crippen molar-refractivity contribution in [2.75, 3.05) is 6.61 Å². The molecule has 2 N–H and O–H groups in total. The number of rotatable bonds is 4. The maximum atomic E-state index is 13.3. The number of carbonyl (C=O) groups excluding carboxylic acids is 2. The van der Waals surface area contributed by atoms with Gasteiger partial charge in [-0.25, -0.2) is 9.48 Å². The van der Waals surface area contributed by atoms with E-state index in [0.29, 0.717) is 40.6 Å². The molecule has 0 radical (unpaired) electrons. The molecule has 0 unspecified atom stereocenters. The van der Waals surface area contributed by atoms with Crippen LogP contribution in [0, 0.1) is 12.3 Å². The van der Waals surface area contributed by atoms with Crippen molar-refractivity contribution in [3.8, 4) is 5.69 Å². The third-order valence-electron chi connectivity index (χ3n) is 5.79. The fourth-order valence-electron chi connectivity index (χ4n) is 4.46. The molecule has 0 amide bonds. The highest BCUT2D eigenvalue weighted by Gasteiger charge is 2.46. The number of carbonyl (C=O) groups is 2. The molecular formula is C24H26ClN3O4. The summed E-state index contributed by atoms with van der Waals surface area (Å²) in [7, 11) is 0. The minimum absolute atomic E-state index is 0.0689. The molecule has 2 heterocycles. The first-order valence-corrected chi connectivity index (χ1v) is 10.9. The van der Waals surface area contributed by atoms with E-state index in [9.17, 15) is 9.59 Å². The number of hydrogen-bond donors (Lipinski definition) is 1. The Hall–Kier alpha value is -3.06. The molecule has 4 rings (SSSR count). The number of aryl methyl sites for hydroxylation is 1. The SMILES string of the molecule is CCOC(=O)C1=C(N)OC2=C(C(=O)CC(C)(C)C2)[C@H]1c1c(C)nn(-c2ccccc2)c1Cl. The van der Waals surface area contributed by atoms with Crippen molar-refractivity contribution in [2.24, 2.45) is 11.1 Å². The molecule has 8 heteroatoms. The van der Waals surface area contributed by atoms with Crippen LogP contribution in [0.2, 0.25) is 5.15 Å². The van der Waals surface area contributed by atoms with Crippen molar-refractivity contribution in [1.82, 2.24) is 9.78 Å². The molecule has 0 saturated heterocycles. The van der Waals surface area contributed by atoms with Crippen LogP contribution in [0.1, 0.15) is 50.8 Å². The van der Waals surface area contributed by atoms with Crippen LogP contribution in [-0.4, -0.2) is 28.1 Å². The van der Waals surface area contributed by atoms with Gasteiger partial charge in [0.05, 0.1) is 23.9 Å². The average Bonchev–Trinajstić information content (AvgIpc) is 3.00. The number of hydrogen-bond acceptors (Lipinski definition) is 6. The van der Waals surface area contributed by atoms with Crippen LogP contribution >= 0.6 is 11.6 Å². The topological polar surface area (TPSA) is 96.4 Å². The van der Waals surface area contributed by atoms with Crippen molar-refractivity contribution in [3.63, 3.8) is 0 Å². The van der Waals surface area contributed by atoms with Crippen LogP contribution in [-0.2, 0) is 19.1 Å². The molecule has 1 aliphatic carbocycles. The highest BCUT2D eigenvalue weighted by molar-refractivity contribution is 6.31. The Kier molecular flexibility index (Phi) is 5.63. The maximum Gasteiger partial charge on any atom is 0.340 e. The lowest BCUT2D eigenvalue weighted by Crippen LogP contribution is -2.36. The molecule has 1 aromatic carbocycles. The first-order chi connectivity index (χ1) is 15.1. The molecule has 1 aromatic heterocycles. The number of allylic oxidation sites excluding steroid dienone is 2. The second kappa shape index (κ2) is 8.13. The number of aromatic nitrogens is 2. The van der Waals surface area contributed by atoms with E-state index in [1.807, 2.05) is 44.2 Å². The third-order valence-corrected chi connectivity index (χ3v) is 6.15. The van der Waals surface area contributed by atoms with Crippen molar-refractivity contribution in [1.29, 1.82) is 0 Å². The maximum absolute atomic E-state index is 13.3. The summed E-state index contributed by atoms with van der Waals surface area (Å²) < 4.78 is 12.7. The fraction of sp³-hybridized carbons (Fsp3) is 0.375. The Morgan fingerprint density at radius 2 is 2.00 bits per heavy atom. The van der Waals surface area contributed by atoms with Gasteiger partial charge in [0.2, 0.25) is 5.88 Å². The van der Waals surface area contributed by atoms with Gasteiger partial charge in [0, 0.05) is 24.0 Å². The van der Waals surface area contributed by atoms with Gasteiger partial charge in [-0.3, -0.25) is 4.79 Å². The Morgan fingerprint density at radius 3 is 2.66 bits per heavy atom. The average molecular weight is 456 g/mol. The normalized spacial score (nSPS) is 20.2. The predicted molar refractivity (Wildman–Crippen MR) is 120 cm³/mol. The molecule has 1 aliphatic heterocycles. The van der Waals surface area contributed by atoms with E-state index in [0.717, 1.165) is 5.69 Å². The van der Waals surface area contributed by atoms with E-state index in [2.05, 4.69) is 5.10 Å². The molecule has 1 atom stereocenters. The van der Waals surface area contributed by atoms with E-state index < -0.39 is 11.9 Å². The highest BCUT2D eigenvalue weighted by atomic mass is 35.5. The Morgan fingerprint density at radius 1 is 1.31 bits per heavy atom. The second-order valence-corrected chi connectivity index (χ2v) is 9.21. The monoisotopic (exact) mass is 455 g/mol. The first-order valence-electron chi connectivity index (χ1n) is 10.6. The number of nitrogens with zero attached hydrogens (tertiary/aromatic N) is 2. The summed E-state index contributed by atoms with van der Waals surface area (Å²) in [6.07, 6.45) is 0.843. The molecule has 2 aliphatic rings. The van der Waals surface area contributed by atoms with Gasteiger partial charge < -0.3 is 15.2 Å². The van der Waals surface area contributed by atoms with Crippen molar-refractivity contribution in [3.05, 3.63) is 69.5 Å². The molecule has 2 aromatic rings. The number of esters is 1. The van der Waals surface area contributed by atoms with Gasteiger partial charge in [-0.1, -0.05) is 43.6 Å². The van der Waals surface area contributed by atoms with Gasteiger partial charge in [-0.15, -0.1) is 0 Å². The van der Waals surface area contributed by atoms with Crippen LogP contribution in [0.25, 0.3) is 5.69 Å². The molecule has 32 heavy (non-hydrogen) atoms. The molecule has 0 spiro atoms. The van der Waals surface area contributed by atoms with Gasteiger partial charge in [0.1, 0.15) is 16.5 Å². The summed E-state index contributed by atoms with van der Waals surface area (Å²) in [5.74, 6) is -1.14. The number of ketones is 1. The Labute approximate surface area is 191 Å². The van der Waals surface area contributed by atoms with E-state index in [1.165, 1.54) is 0 Å². The van der Waals surface area contributed by atoms with Gasteiger partial charge in [-0.05, 0) is 31.4 Å². The summed E-state index contributed by atoms with van der Waals surface area (Å²) in [6.45, 7) is 7.66. The van der Waals surface area contributed by atoms with Crippen LogP contribution < -0.4 is 5.73 Å². The van der Waals surface area contributed by atoms with Crippen LogP contribution in [0.3, 0.4) is 0 Å². The number of para-hydroxylation sites is 1. The van der Waals surface area contributed by atoms with Crippen molar-refractivity contribution < 1.29 is 19.1 Å². The Balaban J connectivity index is 1.95. The highest BCUT2D eigenvalue weighted by Crippen LogP contribution is 2.50. The number of Topliss-reactive ketones (excluding diaryl/α,β-unsaturated/α-hetero) is 1. The van der Waals surface area contributed by atoms with Gasteiger partial charge in [0.15, 0.2) is 5.78 Å². The minimum Gasteiger partial charge on any atom is -0.462 e. The summed E-state index contributed by atoms with van der Waals surface area (Å²) in [5.41, 5.74) is 8.33. The van der Waals surface area contributed by atoms with E-state index in [-0.39, 0.29) is 29.3 Å². The van der Waals surface area contributed by atoms with Crippen LogP contribution in [0.15, 0.2) is 53.1 Å². The molecule has 0 fully saturated rings. The minimum atomic E-state index is -0.814. The molecule has 168 valence electrons. The fourth-order valence-corrected chi connectivity index (χ4v) is 4.84. The lowest BCUT2D eigenvalue weighted by Gasteiger charge is -2.37. The molecule has 0 bridgehead atoms.